The van der Waals surface area contributed by atoms with Crippen molar-refractivity contribution in [1.82, 2.24) is 19.2 Å². The van der Waals surface area contributed by atoms with Crippen LogP contribution in [-0.4, -0.2) is 57.3 Å². The lowest BCUT2D eigenvalue weighted by Gasteiger charge is -2.38. The van der Waals surface area contributed by atoms with Crippen molar-refractivity contribution in [3.8, 4) is 11.4 Å². The number of likely N-dealkylation sites (N-methyl/N-ethyl adjacent to an activating group) is 1. The zero-order valence-electron chi connectivity index (χ0n) is 15.0. The molecule has 1 aliphatic heterocycles. The molecule has 0 radical (unpaired) electrons. The molecule has 0 spiro atoms. The van der Waals surface area contributed by atoms with Crippen LogP contribution in [0.5, 0.6) is 0 Å². The van der Waals surface area contributed by atoms with Crippen molar-refractivity contribution in [2.75, 3.05) is 25.5 Å². The molecule has 8 heteroatoms. The van der Waals surface area contributed by atoms with Gasteiger partial charge in [0.1, 0.15) is 6.04 Å². The van der Waals surface area contributed by atoms with Gasteiger partial charge in [0.05, 0.1) is 0 Å². The highest BCUT2D eigenvalue weighted by Crippen LogP contribution is 2.22. The van der Waals surface area contributed by atoms with Gasteiger partial charge in [-0.05, 0) is 6.42 Å². The number of nitrogens with zero attached hydrogens (tertiary/aromatic N) is 4. The van der Waals surface area contributed by atoms with Crippen LogP contribution in [0.25, 0.3) is 11.4 Å². The minimum Gasteiger partial charge on any atom is -0.342 e. The number of hydrogen-bond acceptors (Lipinski definition) is 5. The number of carbonyl (C=O) groups excluding carboxylic acids is 2. The molecular formula is C18H23N5O2S. The van der Waals surface area contributed by atoms with E-state index in [1.54, 1.807) is 16.8 Å². The number of urea groups is 1. The first kappa shape index (κ1) is 18.3. The lowest BCUT2D eigenvalue weighted by atomic mass is 10.0. The molecule has 2 heterocycles. The third-order valence-electron chi connectivity index (χ3n) is 4.48. The summed E-state index contributed by atoms with van der Waals surface area (Å²) in [4.78, 5) is 32.9. The third kappa shape index (κ3) is 4.01. The highest BCUT2D eigenvalue weighted by Gasteiger charge is 2.35. The SMILES string of the molecule is CCCCC1C(=O)N(C)CCN1C(=O)Nc1nc(-c2ccccc2)ns1. The summed E-state index contributed by atoms with van der Waals surface area (Å²) in [6.07, 6.45) is 2.57. The number of carbonyl (C=O) groups is 2. The van der Waals surface area contributed by atoms with E-state index in [1.165, 1.54) is 0 Å². The number of aromatic nitrogens is 2. The van der Waals surface area contributed by atoms with Crippen LogP contribution in [0.4, 0.5) is 9.93 Å². The van der Waals surface area contributed by atoms with Gasteiger partial charge in [-0.3, -0.25) is 10.1 Å². The molecule has 3 amide bonds. The Hall–Kier alpha value is -2.48. The summed E-state index contributed by atoms with van der Waals surface area (Å²) in [5.74, 6) is 0.588. The number of benzene rings is 1. The van der Waals surface area contributed by atoms with Crippen LogP contribution in [0, 0.1) is 0 Å². The van der Waals surface area contributed by atoms with Crippen LogP contribution in [0.1, 0.15) is 26.2 Å². The molecule has 26 heavy (non-hydrogen) atoms. The Morgan fingerprint density at radius 3 is 2.81 bits per heavy atom. The van der Waals surface area contributed by atoms with E-state index in [0.29, 0.717) is 30.5 Å². The summed E-state index contributed by atoms with van der Waals surface area (Å²) >= 11 is 1.14. The summed E-state index contributed by atoms with van der Waals surface area (Å²) in [6, 6.07) is 8.92. The van der Waals surface area contributed by atoms with Gasteiger partial charge in [-0.15, -0.1) is 0 Å². The van der Waals surface area contributed by atoms with Gasteiger partial charge in [0.15, 0.2) is 5.82 Å². The maximum absolute atomic E-state index is 12.7. The molecule has 7 nitrogen and oxygen atoms in total. The Labute approximate surface area is 157 Å². The Bertz CT molecular complexity index is 764. The number of unbranched alkanes of at least 4 members (excludes halogenated alkanes) is 1. The molecule has 1 aliphatic rings. The molecule has 1 unspecified atom stereocenters. The number of anilines is 1. The molecule has 0 saturated carbocycles. The van der Waals surface area contributed by atoms with Gasteiger partial charge < -0.3 is 9.80 Å². The standard InChI is InChI=1S/C18H23N5O2S/c1-3-4-10-14-16(24)22(2)11-12-23(14)18(25)20-17-19-15(21-26-17)13-8-6-5-7-9-13/h5-9,14H,3-4,10-12H2,1-2H3,(H,19,20,21,25). The molecule has 3 rings (SSSR count). The predicted octanol–water partition coefficient (Wildman–Crippen LogP) is 3.07. The average molecular weight is 373 g/mol. The van der Waals surface area contributed by atoms with Crippen molar-refractivity contribution < 1.29 is 9.59 Å². The molecule has 1 N–H and O–H groups in total. The normalized spacial score (nSPS) is 17.5. The fraction of sp³-hybridized carbons (Fsp3) is 0.444. The summed E-state index contributed by atoms with van der Waals surface area (Å²) < 4.78 is 4.30. The predicted molar refractivity (Wildman–Crippen MR) is 102 cm³/mol. The van der Waals surface area contributed by atoms with Gasteiger partial charge in [-0.25, -0.2) is 4.79 Å². The van der Waals surface area contributed by atoms with Gasteiger partial charge >= 0.3 is 6.03 Å². The first-order valence-corrected chi connectivity index (χ1v) is 9.59. The fourth-order valence-corrected chi connectivity index (χ4v) is 3.55. The summed E-state index contributed by atoms with van der Waals surface area (Å²) in [6.45, 7) is 3.14. The van der Waals surface area contributed by atoms with E-state index >= 15 is 0 Å². The quantitative estimate of drug-likeness (QED) is 0.874. The molecule has 2 aromatic rings. The monoisotopic (exact) mass is 373 g/mol. The van der Waals surface area contributed by atoms with Crippen LogP contribution in [-0.2, 0) is 4.79 Å². The molecule has 1 aromatic carbocycles. The second-order valence-corrected chi connectivity index (χ2v) is 7.08. The average Bonchev–Trinajstić information content (AvgIpc) is 3.12. The van der Waals surface area contributed by atoms with Gasteiger partial charge in [-0.2, -0.15) is 9.36 Å². The number of rotatable bonds is 5. The van der Waals surface area contributed by atoms with Gasteiger partial charge in [0, 0.05) is 37.2 Å². The highest BCUT2D eigenvalue weighted by atomic mass is 32.1. The fourth-order valence-electron chi connectivity index (χ4n) is 2.97. The maximum atomic E-state index is 12.7. The molecule has 0 bridgehead atoms. The number of hydrogen-bond donors (Lipinski definition) is 1. The van der Waals surface area contributed by atoms with Crippen molar-refractivity contribution >= 4 is 28.6 Å². The van der Waals surface area contributed by atoms with Crippen molar-refractivity contribution in [1.29, 1.82) is 0 Å². The van der Waals surface area contributed by atoms with Crippen LogP contribution in [0.15, 0.2) is 30.3 Å². The molecular weight excluding hydrogens is 350 g/mol. The van der Waals surface area contributed by atoms with Crippen LogP contribution < -0.4 is 5.32 Å². The van der Waals surface area contributed by atoms with Crippen molar-refractivity contribution in [2.24, 2.45) is 0 Å². The van der Waals surface area contributed by atoms with Crippen molar-refractivity contribution in [3.05, 3.63) is 30.3 Å². The van der Waals surface area contributed by atoms with Crippen molar-refractivity contribution in [3.63, 3.8) is 0 Å². The Balaban J connectivity index is 1.70. The van der Waals surface area contributed by atoms with E-state index in [4.69, 9.17) is 0 Å². The van der Waals surface area contributed by atoms with E-state index < -0.39 is 6.04 Å². The summed E-state index contributed by atoms with van der Waals surface area (Å²) in [5, 5.41) is 3.24. The van der Waals surface area contributed by atoms with Gasteiger partial charge in [0.25, 0.3) is 0 Å². The number of nitrogens with one attached hydrogen (secondary N) is 1. The minimum atomic E-state index is -0.407. The number of amides is 3. The smallest absolute Gasteiger partial charge is 0.324 e. The Morgan fingerprint density at radius 2 is 2.08 bits per heavy atom. The summed E-state index contributed by atoms with van der Waals surface area (Å²) in [5.41, 5.74) is 0.903. The molecule has 0 aliphatic carbocycles. The summed E-state index contributed by atoms with van der Waals surface area (Å²) in [7, 11) is 1.79. The van der Waals surface area contributed by atoms with E-state index in [-0.39, 0.29) is 11.9 Å². The third-order valence-corrected chi connectivity index (χ3v) is 5.11. The molecule has 1 fully saturated rings. The zero-order valence-corrected chi connectivity index (χ0v) is 15.8. The van der Waals surface area contributed by atoms with Crippen molar-refractivity contribution in [2.45, 2.75) is 32.2 Å². The van der Waals surface area contributed by atoms with E-state index in [2.05, 4.69) is 21.6 Å². The Kier molecular flexibility index (Phi) is 5.82. The molecule has 1 atom stereocenters. The zero-order chi connectivity index (χ0) is 18.5. The lowest BCUT2D eigenvalue weighted by Crippen LogP contribution is -2.58. The highest BCUT2D eigenvalue weighted by molar-refractivity contribution is 7.10. The van der Waals surface area contributed by atoms with Gasteiger partial charge in [-0.1, -0.05) is 50.1 Å². The molecule has 138 valence electrons. The van der Waals surface area contributed by atoms with Gasteiger partial charge in [0.2, 0.25) is 11.0 Å². The second-order valence-electron chi connectivity index (χ2n) is 6.33. The van der Waals surface area contributed by atoms with E-state index in [0.717, 1.165) is 29.9 Å². The van der Waals surface area contributed by atoms with E-state index in [9.17, 15) is 9.59 Å². The first-order valence-electron chi connectivity index (χ1n) is 8.82. The number of piperazine rings is 1. The topological polar surface area (TPSA) is 78.4 Å². The van der Waals surface area contributed by atoms with Crippen LogP contribution >= 0.6 is 11.5 Å². The van der Waals surface area contributed by atoms with E-state index in [1.807, 2.05) is 30.3 Å². The minimum absolute atomic E-state index is 0.00193. The molecule has 1 aromatic heterocycles. The van der Waals surface area contributed by atoms with Crippen LogP contribution in [0.2, 0.25) is 0 Å². The maximum Gasteiger partial charge on any atom is 0.324 e. The second kappa shape index (κ2) is 8.27. The first-order chi connectivity index (χ1) is 12.6. The largest absolute Gasteiger partial charge is 0.342 e. The Morgan fingerprint density at radius 1 is 1.31 bits per heavy atom. The van der Waals surface area contributed by atoms with Crippen LogP contribution in [0.3, 0.4) is 0 Å². The lowest BCUT2D eigenvalue weighted by molar-refractivity contribution is -0.138. The molecule has 1 saturated heterocycles.